The summed E-state index contributed by atoms with van der Waals surface area (Å²) in [7, 11) is 1.50. The van der Waals surface area contributed by atoms with Crippen LogP contribution in [0.15, 0.2) is 42.6 Å². The molecule has 1 aromatic heterocycles. The van der Waals surface area contributed by atoms with Crippen molar-refractivity contribution in [3.8, 4) is 5.88 Å². The van der Waals surface area contributed by atoms with Crippen LogP contribution in [0, 0.1) is 5.82 Å². The topological polar surface area (TPSA) is 42.4 Å². The number of hydrogen-bond donors (Lipinski definition) is 0. The zero-order chi connectivity index (χ0) is 16.2. The van der Waals surface area contributed by atoms with E-state index in [-0.39, 0.29) is 17.8 Å². The van der Waals surface area contributed by atoms with E-state index in [1.807, 2.05) is 6.07 Å². The summed E-state index contributed by atoms with van der Waals surface area (Å²) in [6, 6.07) is 9.81. The number of nitrogens with zero attached hydrogens (tertiary/aromatic N) is 2. The van der Waals surface area contributed by atoms with Crippen molar-refractivity contribution in [1.82, 2.24) is 9.88 Å². The fourth-order valence-corrected chi connectivity index (χ4v) is 3.11. The third-order valence-electron chi connectivity index (χ3n) is 4.19. The van der Waals surface area contributed by atoms with Gasteiger partial charge in [0.05, 0.1) is 13.2 Å². The molecular weight excluding hydrogens is 295 g/mol. The monoisotopic (exact) mass is 314 g/mol. The largest absolute Gasteiger partial charge is 0.480 e. The van der Waals surface area contributed by atoms with Gasteiger partial charge in [-0.1, -0.05) is 12.1 Å². The molecule has 1 unspecified atom stereocenters. The first kappa shape index (κ1) is 15.5. The molecule has 1 aliphatic rings. The van der Waals surface area contributed by atoms with Gasteiger partial charge in [0, 0.05) is 12.7 Å². The highest BCUT2D eigenvalue weighted by Crippen LogP contribution is 2.33. The van der Waals surface area contributed by atoms with E-state index >= 15 is 0 Å². The number of likely N-dealkylation sites (tertiary alicyclic amines) is 1. The van der Waals surface area contributed by atoms with E-state index in [1.54, 1.807) is 29.3 Å². The van der Waals surface area contributed by atoms with Gasteiger partial charge in [-0.2, -0.15) is 0 Å². The standard InChI is InChI=1S/C18H19FN2O2/c1-23-17-15(8-5-10-20-17)18(22)21-11-3-2-9-16(21)13-6-4-7-14(19)12-13/h4-8,10,12,16H,2-3,9,11H2,1H3. The Kier molecular flexibility index (Phi) is 4.55. The van der Waals surface area contributed by atoms with Crippen LogP contribution in [0.2, 0.25) is 0 Å². The van der Waals surface area contributed by atoms with Gasteiger partial charge < -0.3 is 9.64 Å². The van der Waals surface area contributed by atoms with Crippen molar-refractivity contribution < 1.29 is 13.9 Å². The van der Waals surface area contributed by atoms with Gasteiger partial charge in [0.1, 0.15) is 11.4 Å². The second-order valence-electron chi connectivity index (χ2n) is 5.63. The van der Waals surface area contributed by atoms with E-state index in [2.05, 4.69) is 4.98 Å². The minimum absolute atomic E-state index is 0.114. The fraction of sp³-hybridized carbons (Fsp3) is 0.333. The summed E-state index contributed by atoms with van der Waals surface area (Å²) in [6.45, 7) is 0.651. The van der Waals surface area contributed by atoms with Crippen LogP contribution in [0.3, 0.4) is 0 Å². The zero-order valence-electron chi connectivity index (χ0n) is 13.0. The highest BCUT2D eigenvalue weighted by Gasteiger charge is 2.30. The Morgan fingerprint density at radius 1 is 1.30 bits per heavy atom. The summed E-state index contributed by atoms with van der Waals surface area (Å²) in [6.07, 6.45) is 4.39. The average Bonchev–Trinajstić information content (AvgIpc) is 2.61. The number of hydrogen-bond acceptors (Lipinski definition) is 3. The van der Waals surface area contributed by atoms with Gasteiger partial charge in [0.15, 0.2) is 0 Å². The molecule has 120 valence electrons. The third-order valence-corrected chi connectivity index (χ3v) is 4.19. The molecule has 0 bridgehead atoms. The summed E-state index contributed by atoms with van der Waals surface area (Å²) in [4.78, 5) is 18.9. The van der Waals surface area contributed by atoms with Crippen molar-refractivity contribution in [2.75, 3.05) is 13.7 Å². The molecular formula is C18H19FN2O2. The normalized spacial score (nSPS) is 17.8. The first-order chi connectivity index (χ1) is 11.2. The van der Waals surface area contributed by atoms with Crippen molar-refractivity contribution >= 4 is 5.91 Å². The molecule has 2 heterocycles. The molecule has 0 spiro atoms. The Hall–Kier alpha value is -2.43. The zero-order valence-corrected chi connectivity index (χ0v) is 13.0. The van der Waals surface area contributed by atoms with Gasteiger partial charge in [-0.05, 0) is 49.1 Å². The lowest BCUT2D eigenvalue weighted by Gasteiger charge is -2.36. The molecule has 0 aliphatic carbocycles. The SMILES string of the molecule is COc1ncccc1C(=O)N1CCCCC1c1cccc(F)c1. The van der Waals surface area contributed by atoms with Crippen molar-refractivity contribution in [3.05, 3.63) is 59.5 Å². The minimum Gasteiger partial charge on any atom is -0.480 e. The van der Waals surface area contributed by atoms with Crippen LogP contribution < -0.4 is 4.74 Å². The van der Waals surface area contributed by atoms with Gasteiger partial charge in [0.2, 0.25) is 5.88 Å². The predicted molar refractivity (Wildman–Crippen MR) is 84.8 cm³/mol. The highest BCUT2D eigenvalue weighted by atomic mass is 19.1. The van der Waals surface area contributed by atoms with Crippen molar-refractivity contribution in [1.29, 1.82) is 0 Å². The van der Waals surface area contributed by atoms with Gasteiger partial charge in [-0.3, -0.25) is 4.79 Å². The maximum absolute atomic E-state index is 13.6. The second-order valence-corrected chi connectivity index (χ2v) is 5.63. The molecule has 2 aromatic rings. The number of carbonyl (C=O) groups excluding carboxylic acids is 1. The van der Waals surface area contributed by atoms with Gasteiger partial charge in [0.25, 0.3) is 5.91 Å². The van der Waals surface area contributed by atoms with E-state index in [9.17, 15) is 9.18 Å². The van der Waals surface area contributed by atoms with E-state index in [0.717, 1.165) is 24.8 Å². The smallest absolute Gasteiger partial charge is 0.259 e. The molecule has 1 aromatic carbocycles. The van der Waals surface area contributed by atoms with Crippen LogP contribution in [-0.4, -0.2) is 29.4 Å². The van der Waals surface area contributed by atoms with E-state index in [1.165, 1.54) is 19.2 Å². The van der Waals surface area contributed by atoms with Crippen molar-refractivity contribution in [2.24, 2.45) is 0 Å². The number of rotatable bonds is 3. The molecule has 5 heteroatoms. The van der Waals surface area contributed by atoms with Crippen LogP contribution in [0.5, 0.6) is 5.88 Å². The number of pyridine rings is 1. The number of amides is 1. The van der Waals surface area contributed by atoms with E-state index in [0.29, 0.717) is 18.0 Å². The number of piperidine rings is 1. The Labute approximate surface area is 134 Å². The first-order valence-corrected chi connectivity index (χ1v) is 7.76. The van der Waals surface area contributed by atoms with E-state index in [4.69, 9.17) is 4.74 Å². The Bertz CT molecular complexity index is 705. The van der Waals surface area contributed by atoms with Gasteiger partial charge in [-0.25, -0.2) is 9.37 Å². The highest BCUT2D eigenvalue weighted by molar-refractivity contribution is 5.96. The summed E-state index contributed by atoms with van der Waals surface area (Å²) in [5.74, 6) is -0.0793. The Balaban J connectivity index is 1.93. The van der Waals surface area contributed by atoms with Crippen LogP contribution in [-0.2, 0) is 0 Å². The average molecular weight is 314 g/mol. The Morgan fingerprint density at radius 2 is 2.17 bits per heavy atom. The number of benzene rings is 1. The van der Waals surface area contributed by atoms with Crippen molar-refractivity contribution in [2.45, 2.75) is 25.3 Å². The lowest BCUT2D eigenvalue weighted by atomic mass is 9.94. The predicted octanol–water partition coefficient (Wildman–Crippen LogP) is 3.60. The maximum Gasteiger partial charge on any atom is 0.259 e. The summed E-state index contributed by atoms with van der Waals surface area (Å²) in [5.41, 5.74) is 1.28. The lowest BCUT2D eigenvalue weighted by molar-refractivity contribution is 0.0607. The molecule has 0 N–H and O–H groups in total. The van der Waals surface area contributed by atoms with Crippen molar-refractivity contribution in [3.63, 3.8) is 0 Å². The molecule has 23 heavy (non-hydrogen) atoms. The number of halogens is 1. The summed E-state index contributed by atoms with van der Waals surface area (Å²) < 4.78 is 18.8. The molecule has 1 amide bonds. The molecule has 0 saturated carbocycles. The maximum atomic E-state index is 13.6. The van der Waals surface area contributed by atoms with Gasteiger partial charge in [-0.15, -0.1) is 0 Å². The summed E-state index contributed by atoms with van der Waals surface area (Å²) >= 11 is 0. The number of methoxy groups -OCH3 is 1. The molecule has 0 radical (unpaired) electrons. The molecule has 1 fully saturated rings. The van der Waals surface area contributed by atoms with Crippen LogP contribution in [0.25, 0.3) is 0 Å². The molecule has 4 nitrogen and oxygen atoms in total. The van der Waals surface area contributed by atoms with E-state index < -0.39 is 0 Å². The lowest BCUT2D eigenvalue weighted by Crippen LogP contribution is -2.38. The number of carbonyl (C=O) groups is 1. The third kappa shape index (κ3) is 3.18. The quantitative estimate of drug-likeness (QED) is 0.869. The second kappa shape index (κ2) is 6.77. The van der Waals surface area contributed by atoms with Gasteiger partial charge >= 0.3 is 0 Å². The number of aromatic nitrogens is 1. The molecule has 1 aliphatic heterocycles. The summed E-state index contributed by atoms with van der Waals surface area (Å²) in [5, 5.41) is 0. The minimum atomic E-state index is -0.278. The molecule has 3 rings (SSSR count). The Morgan fingerprint density at radius 3 is 2.96 bits per heavy atom. The van der Waals surface area contributed by atoms with Crippen LogP contribution in [0.4, 0.5) is 4.39 Å². The fourth-order valence-electron chi connectivity index (χ4n) is 3.11. The molecule has 1 saturated heterocycles. The van der Waals surface area contributed by atoms with Crippen LogP contribution in [0.1, 0.15) is 41.2 Å². The number of ether oxygens (including phenoxy) is 1. The van der Waals surface area contributed by atoms with Crippen LogP contribution >= 0.6 is 0 Å². The first-order valence-electron chi connectivity index (χ1n) is 7.76. The molecule has 1 atom stereocenters.